The lowest BCUT2D eigenvalue weighted by atomic mass is 10.1. The number of ether oxygens (including phenoxy) is 2. The fourth-order valence-electron chi connectivity index (χ4n) is 3.15. The Bertz CT molecular complexity index is 1290. The second kappa shape index (κ2) is 10.1. The van der Waals surface area contributed by atoms with Gasteiger partial charge in [-0.25, -0.2) is 4.98 Å². The molecule has 0 radical (unpaired) electrons. The van der Waals surface area contributed by atoms with Gasteiger partial charge in [0.25, 0.3) is 5.56 Å². The fourth-order valence-corrected chi connectivity index (χ4v) is 3.51. The molecule has 1 aromatic heterocycles. The third-order valence-electron chi connectivity index (χ3n) is 5.04. The number of halogens is 1. The summed E-state index contributed by atoms with van der Waals surface area (Å²) in [6.45, 7) is 7.56. The third-order valence-corrected chi connectivity index (χ3v) is 5.53. The molecule has 3 rings (SSSR count). The maximum absolute atomic E-state index is 13.2. The number of nitrogens with zero attached hydrogens (tertiary/aromatic N) is 4. The van der Waals surface area contributed by atoms with Crippen LogP contribution in [0.5, 0.6) is 11.5 Å². The monoisotopic (exact) mass is 516 g/mol. The summed E-state index contributed by atoms with van der Waals surface area (Å²) < 4.78 is 13.1. The summed E-state index contributed by atoms with van der Waals surface area (Å²) in [5.74, 6) is 0.663. The van der Waals surface area contributed by atoms with E-state index in [1.807, 2.05) is 33.8 Å². The quantitative estimate of drug-likeness (QED) is 0.229. The van der Waals surface area contributed by atoms with E-state index in [1.165, 1.54) is 24.1 Å². The number of aromatic nitrogens is 2. The predicted octanol–water partition coefficient (Wildman–Crippen LogP) is 5.26. The highest BCUT2D eigenvalue weighted by Crippen LogP contribution is 2.39. The predicted molar refractivity (Wildman–Crippen MR) is 131 cm³/mol. The molecule has 33 heavy (non-hydrogen) atoms. The van der Waals surface area contributed by atoms with Gasteiger partial charge in [0.15, 0.2) is 5.75 Å². The van der Waals surface area contributed by atoms with E-state index >= 15 is 0 Å². The molecular formula is C23H25BrN4O5. The minimum Gasteiger partial charge on any atom is -0.493 e. The Hall–Kier alpha value is -3.27. The number of nitro benzene ring substituents is 1. The molecule has 0 fully saturated rings. The van der Waals surface area contributed by atoms with Crippen LogP contribution in [0.4, 0.5) is 5.69 Å². The van der Waals surface area contributed by atoms with E-state index in [2.05, 4.69) is 26.0 Å². The van der Waals surface area contributed by atoms with Crippen LogP contribution in [0, 0.1) is 10.1 Å². The van der Waals surface area contributed by atoms with Crippen molar-refractivity contribution in [1.29, 1.82) is 0 Å². The summed E-state index contributed by atoms with van der Waals surface area (Å²) >= 11 is 3.38. The maximum atomic E-state index is 13.2. The number of benzene rings is 2. The molecule has 1 atom stereocenters. The summed E-state index contributed by atoms with van der Waals surface area (Å²) in [6.07, 6.45) is 1.82. The van der Waals surface area contributed by atoms with Gasteiger partial charge < -0.3 is 9.47 Å². The first-order valence-corrected chi connectivity index (χ1v) is 11.2. The summed E-state index contributed by atoms with van der Waals surface area (Å²) in [4.78, 5) is 29.0. The molecule has 0 spiro atoms. The highest BCUT2D eigenvalue weighted by Gasteiger charge is 2.23. The highest BCUT2D eigenvalue weighted by atomic mass is 79.9. The molecule has 1 heterocycles. The number of hydrogen-bond acceptors (Lipinski definition) is 7. The van der Waals surface area contributed by atoms with Crippen molar-refractivity contribution < 1.29 is 14.4 Å². The van der Waals surface area contributed by atoms with Gasteiger partial charge in [-0.2, -0.15) is 9.78 Å². The average Bonchev–Trinajstić information content (AvgIpc) is 2.78. The smallest absolute Gasteiger partial charge is 0.315 e. The average molecular weight is 517 g/mol. The zero-order chi connectivity index (χ0) is 24.3. The third kappa shape index (κ3) is 5.22. The van der Waals surface area contributed by atoms with E-state index in [4.69, 9.17) is 9.47 Å². The lowest BCUT2D eigenvalue weighted by Gasteiger charge is -2.16. The Morgan fingerprint density at radius 2 is 2.00 bits per heavy atom. The maximum Gasteiger partial charge on any atom is 0.315 e. The lowest BCUT2D eigenvalue weighted by molar-refractivity contribution is -0.386. The molecule has 0 amide bonds. The number of methoxy groups -OCH3 is 1. The molecule has 3 aromatic rings. The molecule has 0 aliphatic carbocycles. The van der Waals surface area contributed by atoms with Gasteiger partial charge in [0, 0.05) is 22.0 Å². The van der Waals surface area contributed by atoms with Gasteiger partial charge in [0.05, 0.1) is 35.3 Å². The van der Waals surface area contributed by atoms with Crippen molar-refractivity contribution in [3.8, 4) is 11.5 Å². The van der Waals surface area contributed by atoms with E-state index in [9.17, 15) is 14.9 Å². The Morgan fingerprint density at radius 3 is 2.61 bits per heavy atom. The zero-order valence-corrected chi connectivity index (χ0v) is 20.6. The topological polar surface area (TPSA) is 109 Å². The van der Waals surface area contributed by atoms with Gasteiger partial charge in [-0.3, -0.25) is 14.9 Å². The van der Waals surface area contributed by atoms with Crippen molar-refractivity contribution in [2.24, 2.45) is 5.10 Å². The molecule has 9 nitrogen and oxygen atoms in total. The first-order chi connectivity index (χ1) is 15.7. The highest BCUT2D eigenvalue weighted by molar-refractivity contribution is 9.10. The zero-order valence-electron chi connectivity index (χ0n) is 19.0. The second-order valence-electron chi connectivity index (χ2n) is 7.81. The van der Waals surface area contributed by atoms with Gasteiger partial charge in [0.1, 0.15) is 5.82 Å². The van der Waals surface area contributed by atoms with Gasteiger partial charge in [-0.15, -0.1) is 0 Å². The standard InChI is InChI=1S/C23H25BrN4O5/c1-6-14(4)33-21-19(28(30)31)9-15(10-20(21)32-5)12-25-27-22(13(2)3)26-18-8-7-16(24)11-17(18)23(27)29/h7-14H,6H2,1-5H3/t14-/m0/s1. The Kier molecular flexibility index (Phi) is 7.47. The van der Waals surface area contributed by atoms with Crippen molar-refractivity contribution in [2.45, 2.75) is 46.1 Å². The normalized spacial score (nSPS) is 12.5. The summed E-state index contributed by atoms with van der Waals surface area (Å²) in [5.41, 5.74) is 0.376. The van der Waals surface area contributed by atoms with Crippen LogP contribution in [0.2, 0.25) is 0 Å². The number of rotatable bonds is 8. The molecule has 0 aliphatic rings. The molecule has 174 valence electrons. The molecule has 0 saturated carbocycles. The van der Waals surface area contributed by atoms with Crippen LogP contribution in [0.3, 0.4) is 0 Å². The van der Waals surface area contributed by atoms with Crippen LogP contribution in [0.15, 0.2) is 44.7 Å². The van der Waals surface area contributed by atoms with Crippen LogP contribution in [0.1, 0.15) is 51.4 Å². The molecular weight excluding hydrogens is 492 g/mol. The Labute approximate surface area is 199 Å². The summed E-state index contributed by atoms with van der Waals surface area (Å²) in [6, 6.07) is 8.20. The Balaban J connectivity index is 2.16. The van der Waals surface area contributed by atoms with E-state index in [0.29, 0.717) is 28.7 Å². The van der Waals surface area contributed by atoms with E-state index < -0.39 is 4.92 Å². The van der Waals surface area contributed by atoms with Crippen molar-refractivity contribution in [2.75, 3.05) is 7.11 Å². The first kappa shape index (κ1) is 24.4. The minimum absolute atomic E-state index is 0.0614. The molecule has 0 saturated heterocycles. The molecule has 2 aromatic carbocycles. The van der Waals surface area contributed by atoms with Crippen LogP contribution in [0.25, 0.3) is 10.9 Å². The molecule has 0 unspecified atom stereocenters. The van der Waals surface area contributed by atoms with Crippen molar-refractivity contribution in [1.82, 2.24) is 9.66 Å². The van der Waals surface area contributed by atoms with Gasteiger partial charge in [-0.1, -0.05) is 36.7 Å². The van der Waals surface area contributed by atoms with Crippen LogP contribution < -0.4 is 15.0 Å². The van der Waals surface area contributed by atoms with Crippen molar-refractivity contribution in [3.05, 3.63) is 66.7 Å². The minimum atomic E-state index is -0.529. The van der Waals surface area contributed by atoms with Crippen LogP contribution >= 0.6 is 15.9 Å². The van der Waals surface area contributed by atoms with Crippen molar-refractivity contribution in [3.63, 3.8) is 0 Å². The van der Waals surface area contributed by atoms with E-state index in [1.54, 1.807) is 18.2 Å². The van der Waals surface area contributed by atoms with Crippen molar-refractivity contribution >= 4 is 38.7 Å². The Morgan fingerprint density at radius 1 is 1.27 bits per heavy atom. The number of nitro groups is 1. The molecule has 10 heteroatoms. The molecule has 0 aliphatic heterocycles. The molecule has 0 bridgehead atoms. The molecule has 0 N–H and O–H groups in total. The summed E-state index contributed by atoms with van der Waals surface area (Å²) in [5, 5.41) is 16.5. The number of fused-ring (bicyclic) bond motifs is 1. The van der Waals surface area contributed by atoms with Gasteiger partial charge in [0.2, 0.25) is 5.75 Å². The lowest BCUT2D eigenvalue weighted by Crippen LogP contribution is -2.23. The first-order valence-electron chi connectivity index (χ1n) is 10.5. The summed E-state index contributed by atoms with van der Waals surface area (Å²) in [7, 11) is 1.41. The number of hydrogen-bond donors (Lipinski definition) is 0. The van der Waals surface area contributed by atoms with Gasteiger partial charge >= 0.3 is 5.69 Å². The van der Waals surface area contributed by atoms with Crippen LogP contribution in [-0.2, 0) is 0 Å². The fraction of sp³-hybridized carbons (Fsp3) is 0.348. The van der Waals surface area contributed by atoms with Crippen LogP contribution in [-0.4, -0.2) is 34.0 Å². The largest absolute Gasteiger partial charge is 0.493 e. The van der Waals surface area contributed by atoms with E-state index in [0.717, 1.165) is 4.47 Å². The van der Waals surface area contributed by atoms with E-state index in [-0.39, 0.29) is 34.8 Å². The second-order valence-corrected chi connectivity index (χ2v) is 8.73. The van der Waals surface area contributed by atoms with Gasteiger partial charge in [-0.05, 0) is 37.6 Å². The SMILES string of the molecule is CC[C@H](C)Oc1c(OC)cc(C=Nn2c(C(C)C)nc3ccc(Br)cc3c2=O)cc1[N+](=O)[O-].